The van der Waals surface area contributed by atoms with Gasteiger partial charge in [-0.3, -0.25) is 0 Å². The highest BCUT2D eigenvalue weighted by atomic mass is 16.5. The number of hydrogen-bond donors (Lipinski definition) is 1. The fraction of sp³-hybridized carbons (Fsp3) is 0.286. The molecule has 1 aromatic carbocycles. The number of benzene rings is 1. The van der Waals surface area contributed by atoms with Crippen LogP contribution in [0.1, 0.15) is 13.8 Å². The number of nitrogens with zero attached hydrogens (tertiary/aromatic N) is 2. The molecule has 0 saturated carbocycles. The molecule has 2 aromatic heterocycles. The van der Waals surface area contributed by atoms with E-state index in [1.54, 1.807) is 6.26 Å². The largest absolute Gasteiger partial charge is 0.464 e. The van der Waals surface area contributed by atoms with Gasteiger partial charge in [0.2, 0.25) is 5.82 Å². The zero-order valence-electron chi connectivity index (χ0n) is 10.9. The van der Waals surface area contributed by atoms with Gasteiger partial charge in [-0.05, 0) is 12.0 Å². The smallest absolute Gasteiger partial charge is 0.321 e. The normalized spacial score (nSPS) is 11.3. The molecule has 0 saturated heterocycles. The van der Waals surface area contributed by atoms with Crippen LogP contribution in [0.25, 0.3) is 22.4 Å². The molecule has 5 heteroatoms. The van der Waals surface area contributed by atoms with Crippen LogP contribution in [0, 0.1) is 5.92 Å². The van der Waals surface area contributed by atoms with Crippen LogP contribution in [-0.2, 0) is 0 Å². The predicted molar refractivity (Wildman–Crippen MR) is 72.8 cm³/mol. The van der Waals surface area contributed by atoms with E-state index < -0.39 is 0 Å². The van der Waals surface area contributed by atoms with E-state index >= 15 is 0 Å². The molecule has 0 bridgehead atoms. The van der Waals surface area contributed by atoms with Crippen molar-refractivity contribution >= 4 is 17.0 Å². The Morgan fingerprint density at radius 1 is 1.26 bits per heavy atom. The lowest BCUT2D eigenvalue weighted by Crippen LogP contribution is -2.07. The maximum absolute atomic E-state index is 5.47. The van der Waals surface area contributed by atoms with Crippen LogP contribution in [0.4, 0.5) is 6.01 Å². The number of fused-ring (bicyclic) bond motifs is 1. The zero-order valence-corrected chi connectivity index (χ0v) is 10.9. The van der Waals surface area contributed by atoms with E-state index in [1.165, 1.54) is 0 Å². The van der Waals surface area contributed by atoms with E-state index in [0.717, 1.165) is 23.1 Å². The van der Waals surface area contributed by atoms with Gasteiger partial charge < -0.3 is 14.3 Å². The van der Waals surface area contributed by atoms with Gasteiger partial charge in [-0.1, -0.05) is 37.2 Å². The summed E-state index contributed by atoms with van der Waals surface area (Å²) >= 11 is 0. The van der Waals surface area contributed by atoms with Gasteiger partial charge in [0.15, 0.2) is 0 Å². The van der Waals surface area contributed by atoms with Crippen LogP contribution in [0.3, 0.4) is 0 Å². The average Bonchev–Trinajstić information content (AvgIpc) is 3.02. The summed E-state index contributed by atoms with van der Waals surface area (Å²) in [5, 5.41) is 8.07. The highest BCUT2D eigenvalue weighted by molar-refractivity contribution is 5.91. The van der Waals surface area contributed by atoms with Crippen LogP contribution >= 0.6 is 0 Å². The molecule has 0 radical (unpaired) electrons. The minimum Gasteiger partial charge on any atom is -0.464 e. The lowest BCUT2D eigenvalue weighted by atomic mass is 10.2. The molecular formula is C14H15N3O2. The number of anilines is 1. The third-order valence-corrected chi connectivity index (χ3v) is 2.81. The number of aromatic nitrogens is 2. The number of para-hydroxylation sites is 1. The molecule has 0 amide bonds. The zero-order chi connectivity index (χ0) is 13.2. The first-order valence-corrected chi connectivity index (χ1v) is 6.28. The van der Waals surface area contributed by atoms with E-state index in [9.17, 15) is 0 Å². The van der Waals surface area contributed by atoms with Gasteiger partial charge in [-0.2, -0.15) is 4.98 Å². The summed E-state index contributed by atoms with van der Waals surface area (Å²) in [5.74, 6) is 1.06. The maximum Gasteiger partial charge on any atom is 0.321 e. The first kappa shape index (κ1) is 11.8. The van der Waals surface area contributed by atoms with E-state index in [2.05, 4.69) is 29.3 Å². The summed E-state index contributed by atoms with van der Waals surface area (Å²) in [5.41, 5.74) is 1.66. The van der Waals surface area contributed by atoms with Crippen molar-refractivity contribution in [3.63, 3.8) is 0 Å². The number of rotatable bonds is 4. The lowest BCUT2D eigenvalue weighted by Gasteiger charge is -2.02. The summed E-state index contributed by atoms with van der Waals surface area (Å²) in [6.45, 7) is 5.04. The topological polar surface area (TPSA) is 64.1 Å². The van der Waals surface area contributed by atoms with Gasteiger partial charge in [0, 0.05) is 11.9 Å². The Balaban J connectivity index is 1.90. The predicted octanol–water partition coefficient (Wildman–Crippen LogP) is 3.55. The van der Waals surface area contributed by atoms with E-state index in [4.69, 9.17) is 8.94 Å². The van der Waals surface area contributed by atoms with Crippen molar-refractivity contribution < 1.29 is 8.94 Å². The monoisotopic (exact) mass is 257 g/mol. The van der Waals surface area contributed by atoms with Crippen molar-refractivity contribution in [3.05, 3.63) is 30.5 Å². The number of hydrogen-bond acceptors (Lipinski definition) is 5. The van der Waals surface area contributed by atoms with Gasteiger partial charge in [0.05, 0.1) is 5.56 Å². The van der Waals surface area contributed by atoms with Crippen LogP contribution < -0.4 is 5.32 Å². The molecule has 0 aliphatic carbocycles. The minimum absolute atomic E-state index is 0.439. The fourth-order valence-corrected chi connectivity index (χ4v) is 1.85. The summed E-state index contributed by atoms with van der Waals surface area (Å²) in [6.07, 6.45) is 1.65. The molecule has 0 fully saturated rings. The van der Waals surface area contributed by atoms with E-state index in [0.29, 0.717) is 17.8 Å². The highest BCUT2D eigenvalue weighted by Gasteiger charge is 2.14. The molecule has 0 aliphatic rings. The van der Waals surface area contributed by atoms with Crippen LogP contribution in [0.5, 0.6) is 0 Å². The summed E-state index contributed by atoms with van der Waals surface area (Å²) < 4.78 is 10.6. The molecule has 0 atom stereocenters. The quantitative estimate of drug-likeness (QED) is 0.774. The van der Waals surface area contributed by atoms with Crippen LogP contribution in [-0.4, -0.2) is 16.7 Å². The van der Waals surface area contributed by atoms with Crippen molar-refractivity contribution in [2.24, 2.45) is 5.92 Å². The Morgan fingerprint density at radius 3 is 2.95 bits per heavy atom. The summed E-state index contributed by atoms with van der Waals surface area (Å²) in [6, 6.07) is 8.22. The molecule has 3 rings (SSSR count). The second kappa shape index (κ2) is 4.76. The fourth-order valence-electron chi connectivity index (χ4n) is 1.85. The van der Waals surface area contributed by atoms with Crippen LogP contribution in [0.15, 0.2) is 39.5 Å². The van der Waals surface area contributed by atoms with Gasteiger partial charge >= 0.3 is 6.01 Å². The van der Waals surface area contributed by atoms with Crippen molar-refractivity contribution in [2.45, 2.75) is 13.8 Å². The lowest BCUT2D eigenvalue weighted by molar-refractivity contribution is 0.429. The molecule has 0 aliphatic heterocycles. The van der Waals surface area contributed by atoms with Crippen molar-refractivity contribution in [3.8, 4) is 11.4 Å². The molecule has 0 spiro atoms. The third kappa shape index (κ3) is 2.31. The molecule has 19 heavy (non-hydrogen) atoms. The standard InChI is InChI=1S/C14H15N3O2/c1-9(2)7-15-14-16-13(17-19-14)11-8-18-12-6-4-3-5-10(11)12/h3-6,8-9H,7H2,1-2H3,(H,15,16,17). The summed E-state index contributed by atoms with van der Waals surface area (Å²) in [7, 11) is 0. The van der Waals surface area contributed by atoms with Gasteiger partial charge in [0.1, 0.15) is 11.8 Å². The first-order valence-electron chi connectivity index (χ1n) is 6.28. The summed E-state index contributed by atoms with van der Waals surface area (Å²) in [4.78, 5) is 4.33. The second-order valence-corrected chi connectivity index (χ2v) is 4.84. The highest BCUT2D eigenvalue weighted by Crippen LogP contribution is 2.28. The first-order chi connectivity index (χ1) is 9.24. The van der Waals surface area contributed by atoms with Gasteiger partial charge in [-0.15, -0.1) is 0 Å². The van der Waals surface area contributed by atoms with Crippen molar-refractivity contribution in [1.29, 1.82) is 0 Å². The Morgan fingerprint density at radius 2 is 2.11 bits per heavy atom. The van der Waals surface area contributed by atoms with Crippen molar-refractivity contribution in [2.75, 3.05) is 11.9 Å². The molecule has 3 aromatic rings. The molecule has 2 heterocycles. The molecule has 1 N–H and O–H groups in total. The Kier molecular flexibility index (Phi) is 2.95. The molecule has 98 valence electrons. The Hall–Kier alpha value is -2.30. The Bertz CT molecular complexity index is 685. The van der Waals surface area contributed by atoms with Crippen LogP contribution in [0.2, 0.25) is 0 Å². The Labute approximate surface area is 110 Å². The number of nitrogens with one attached hydrogen (secondary N) is 1. The number of furan rings is 1. The second-order valence-electron chi connectivity index (χ2n) is 4.84. The van der Waals surface area contributed by atoms with Crippen molar-refractivity contribution in [1.82, 2.24) is 10.1 Å². The molecule has 5 nitrogen and oxygen atoms in total. The van der Waals surface area contributed by atoms with E-state index in [1.807, 2.05) is 24.3 Å². The third-order valence-electron chi connectivity index (χ3n) is 2.81. The molecular weight excluding hydrogens is 242 g/mol. The maximum atomic E-state index is 5.47. The average molecular weight is 257 g/mol. The molecule has 0 unspecified atom stereocenters. The van der Waals surface area contributed by atoms with E-state index in [-0.39, 0.29) is 0 Å². The van der Waals surface area contributed by atoms with Gasteiger partial charge in [0.25, 0.3) is 0 Å². The minimum atomic E-state index is 0.439. The van der Waals surface area contributed by atoms with Gasteiger partial charge in [-0.25, -0.2) is 0 Å². The SMILES string of the molecule is CC(C)CNc1nc(-c2coc3ccccc23)no1.